The van der Waals surface area contributed by atoms with Crippen molar-refractivity contribution in [1.29, 1.82) is 0 Å². The molecular weight excluding hydrogens is 216 g/mol. The van der Waals surface area contributed by atoms with Gasteiger partial charge in [-0.3, -0.25) is 9.59 Å². The lowest BCUT2D eigenvalue weighted by molar-refractivity contribution is -0.134. The lowest BCUT2D eigenvalue weighted by Crippen LogP contribution is -2.48. The fraction of sp³-hybridized carbons (Fsp3) is 0.778. The zero-order chi connectivity index (χ0) is 10.8. The molecule has 15 heavy (non-hydrogen) atoms. The van der Waals surface area contributed by atoms with Crippen molar-refractivity contribution in [2.75, 3.05) is 18.9 Å². The Kier molecular flexibility index (Phi) is 3.16. The summed E-state index contributed by atoms with van der Waals surface area (Å²) in [6, 6.07) is -0.449. The van der Waals surface area contributed by atoms with Crippen LogP contribution in [0.4, 0.5) is 4.79 Å². The summed E-state index contributed by atoms with van der Waals surface area (Å²) in [5.41, 5.74) is 0. The van der Waals surface area contributed by atoms with E-state index in [2.05, 4.69) is 5.32 Å². The summed E-state index contributed by atoms with van der Waals surface area (Å²) in [7, 11) is 0. The first-order valence-corrected chi connectivity index (χ1v) is 6.05. The van der Waals surface area contributed by atoms with Gasteiger partial charge in [-0.1, -0.05) is 11.8 Å². The van der Waals surface area contributed by atoms with Crippen LogP contribution in [0.2, 0.25) is 0 Å². The van der Waals surface area contributed by atoms with Crippen molar-refractivity contribution in [1.82, 2.24) is 10.2 Å². The van der Waals surface area contributed by atoms with Gasteiger partial charge in [0, 0.05) is 12.3 Å². The summed E-state index contributed by atoms with van der Waals surface area (Å²) in [5.74, 6) is 0.455. The molecule has 84 valence electrons. The van der Waals surface area contributed by atoms with Gasteiger partial charge in [-0.05, 0) is 12.8 Å². The molecule has 0 aromatic heterocycles. The van der Waals surface area contributed by atoms with E-state index in [0.717, 1.165) is 24.6 Å². The Hall–Kier alpha value is -0.750. The van der Waals surface area contributed by atoms with E-state index in [9.17, 15) is 9.59 Å². The zero-order valence-electron chi connectivity index (χ0n) is 8.31. The van der Waals surface area contributed by atoms with Crippen molar-refractivity contribution >= 4 is 22.9 Å². The molecule has 2 aliphatic heterocycles. The number of hydrogen-bond donors (Lipinski definition) is 2. The molecule has 6 heteroatoms. The van der Waals surface area contributed by atoms with E-state index >= 15 is 0 Å². The molecular formula is C9H14N2O3S. The Bertz CT molecular complexity index is 285. The maximum atomic E-state index is 11.9. The van der Waals surface area contributed by atoms with Gasteiger partial charge in [-0.2, -0.15) is 0 Å². The van der Waals surface area contributed by atoms with Crippen molar-refractivity contribution in [3.05, 3.63) is 0 Å². The quantitative estimate of drug-likeness (QED) is 0.689. The number of carbonyl (C=O) groups excluding carboxylic acids is 2. The van der Waals surface area contributed by atoms with Crippen LogP contribution in [0, 0.1) is 0 Å². The summed E-state index contributed by atoms with van der Waals surface area (Å²) in [5, 5.41) is 11.6. The molecule has 2 N–H and O–H groups in total. The highest BCUT2D eigenvalue weighted by Crippen LogP contribution is 2.21. The molecule has 0 spiro atoms. The third-order valence-corrected chi connectivity index (χ3v) is 3.72. The first-order valence-electron chi connectivity index (χ1n) is 5.07. The number of amides is 2. The van der Waals surface area contributed by atoms with Crippen LogP contribution in [-0.2, 0) is 4.79 Å². The maximum absolute atomic E-state index is 11.9. The largest absolute Gasteiger partial charge is 0.394 e. The molecule has 1 unspecified atom stereocenters. The predicted octanol–water partition coefficient (Wildman–Crippen LogP) is -0.205. The summed E-state index contributed by atoms with van der Waals surface area (Å²) >= 11 is 1.14. The fourth-order valence-electron chi connectivity index (χ4n) is 2.03. The number of aliphatic hydroxyl groups excluding tert-OH is 1. The Labute approximate surface area is 92.2 Å². The highest BCUT2D eigenvalue weighted by atomic mass is 32.2. The normalized spacial score (nSPS) is 30.7. The Morgan fingerprint density at radius 1 is 1.67 bits per heavy atom. The van der Waals surface area contributed by atoms with Gasteiger partial charge in [0.15, 0.2) is 0 Å². The monoisotopic (exact) mass is 230 g/mol. The van der Waals surface area contributed by atoms with Crippen LogP contribution >= 0.6 is 11.8 Å². The molecule has 0 radical (unpaired) electrons. The van der Waals surface area contributed by atoms with E-state index in [4.69, 9.17) is 5.11 Å². The van der Waals surface area contributed by atoms with Crippen LogP contribution in [0.5, 0.6) is 0 Å². The van der Waals surface area contributed by atoms with Crippen molar-refractivity contribution in [3.8, 4) is 0 Å². The summed E-state index contributed by atoms with van der Waals surface area (Å²) < 4.78 is 0. The Morgan fingerprint density at radius 2 is 2.47 bits per heavy atom. The second-order valence-electron chi connectivity index (χ2n) is 3.81. The number of nitrogens with one attached hydrogen (secondary N) is 1. The molecule has 0 aliphatic carbocycles. The zero-order valence-corrected chi connectivity index (χ0v) is 9.13. The average Bonchev–Trinajstić information content (AvgIpc) is 2.84. The molecule has 5 nitrogen and oxygen atoms in total. The highest BCUT2D eigenvalue weighted by molar-refractivity contribution is 8.14. The smallest absolute Gasteiger partial charge is 0.279 e. The molecule has 2 saturated heterocycles. The number of rotatable bonds is 2. The van der Waals surface area contributed by atoms with Crippen LogP contribution in [0.3, 0.4) is 0 Å². The lowest BCUT2D eigenvalue weighted by Gasteiger charge is -2.25. The van der Waals surface area contributed by atoms with Crippen LogP contribution < -0.4 is 5.32 Å². The predicted molar refractivity (Wildman–Crippen MR) is 56.6 cm³/mol. The van der Waals surface area contributed by atoms with E-state index in [1.165, 1.54) is 0 Å². The van der Waals surface area contributed by atoms with E-state index < -0.39 is 6.04 Å². The molecule has 0 bridgehead atoms. The molecule has 2 heterocycles. The molecule has 2 amide bonds. The van der Waals surface area contributed by atoms with Crippen molar-refractivity contribution in [3.63, 3.8) is 0 Å². The van der Waals surface area contributed by atoms with Gasteiger partial charge in [-0.15, -0.1) is 0 Å². The summed E-state index contributed by atoms with van der Waals surface area (Å²) in [6.07, 6.45) is 1.79. The second-order valence-corrected chi connectivity index (χ2v) is 4.80. The van der Waals surface area contributed by atoms with E-state index in [-0.39, 0.29) is 23.8 Å². The van der Waals surface area contributed by atoms with Crippen LogP contribution in [0.15, 0.2) is 0 Å². The molecule has 2 aliphatic rings. The molecule has 0 aromatic rings. The molecule has 2 fully saturated rings. The van der Waals surface area contributed by atoms with Gasteiger partial charge in [0.1, 0.15) is 6.04 Å². The Balaban J connectivity index is 1.98. The van der Waals surface area contributed by atoms with Gasteiger partial charge in [0.25, 0.3) is 5.24 Å². The minimum absolute atomic E-state index is 0.0134. The third kappa shape index (κ3) is 2.10. The number of thioether (sulfide) groups is 1. The molecule has 2 rings (SSSR count). The summed E-state index contributed by atoms with van der Waals surface area (Å²) in [4.78, 5) is 24.6. The minimum Gasteiger partial charge on any atom is -0.394 e. The van der Waals surface area contributed by atoms with Crippen LogP contribution in [0.1, 0.15) is 12.8 Å². The first-order chi connectivity index (χ1) is 7.22. The number of nitrogens with zero attached hydrogens (tertiary/aromatic N) is 1. The van der Waals surface area contributed by atoms with Gasteiger partial charge < -0.3 is 15.3 Å². The number of carbonyl (C=O) groups is 2. The Morgan fingerprint density at radius 3 is 3.07 bits per heavy atom. The van der Waals surface area contributed by atoms with Crippen LogP contribution in [-0.4, -0.2) is 52.1 Å². The first kappa shape index (κ1) is 10.8. The molecule has 0 saturated carbocycles. The molecule has 2 atom stereocenters. The van der Waals surface area contributed by atoms with Gasteiger partial charge in [-0.25, -0.2) is 0 Å². The van der Waals surface area contributed by atoms with Gasteiger partial charge >= 0.3 is 0 Å². The number of hydrogen-bond acceptors (Lipinski definition) is 4. The average molecular weight is 230 g/mol. The van der Waals surface area contributed by atoms with Crippen molar-refractivity contribution in [2.24, 2.45) is 0 Å². The number of aliphatic hydroxyl groups is 1. The number of likely N-dealkylation sites (tertiary alicyclic amines) is 1. The lowest BCUT2D eigenvalue weighted by atomic mass is 10.2. The second kappa shape index (κ2) is 4.40. The molecule has 0 aromatic carbocycles. The standard InChI is InChI=1S/C9H14N2O3S/c12-4-6-2-1-3-11(6)8(13)7-5-15-9(14)10-7/h6-7,12H,1-5H2,(H,10,14)/t6-,7?/m0/s1. The summed E-state index contributed by atoms with van der Waals surface area (Å²) in [6.45, 7) is 0.709. The topological polar surface area (TPSA) is 69.6 Å². The van der Waals surface area contributed by atoms with E-state index in [0.29, 0.717) is 12.3 Å². The maximum Gasteiger partial charge on any atom is 0.279 e. The van der Waals surface area contributed by atoms with Crippen LogP contribution in [0.25, 0.3) is 0 Å². The SMILES string of the molecule is O=C1NC(C(=O)N2CCC[C@H]2CO)CS1. The minimum atomic E-state index is -0.394. The van der Waals surface area contributed by atoms with Gasteiger partial charge in [0.05, 0.1) is 12.6 Å². The van der Waals surface area contributed by atoms with Crippen molar-refractivity contribution in [2.45, 2.75) is 24.9 Å². The van der Waals surface area contributed by atoms with E-state index in [1.807, 2.05) is 0 Å². The fourth-order valence-corrected chi connectivity index (χ4v) is 2.80. The van der Waals surface area contributed by atoms with Gasteiger partial charge in [0.2, 0.25) is 5.91 Å². The van der Waals surface area contributed by atoms with E-state index in [1.54, 1.807) is 4.90 Å². The van der Waals surface area contributed by atoms with Crippen molar-refractivity contribution < 1.29 is 14.7 Å². The third-order valence-electron chi connectivity index (χ3n) is 2.84. The highest BCUT2D eigenvalue weighted by Gasteiger charge is 2.36.